The molecule has 6 heteroatoms. The van der Waals surface area contributed by atoms with Gasteiger partial charge in [0.15, 0.2) is 6.29 Å². The fourth-order valence-electron chi connectivity index (χ4n) is 2.36. The Morgan fingerprint density at radius 2 is 2.24 bits per heavy atom. The van der Waals surface area contributed by atoms with Crippen molar-refractivity contribution in [3.05, 3.63) is 42.7 Å². The second-order valence-electron chi connectivity index (χ2n) is 4.80. The molecule has 3 rings (SSSR count). The number of hydrogen-bond acceptors (Lipinski definition) is 4. The number of aryl methyl sites for hydroxylation is 1. The molecule has 0 aliphatic heterocycles. The third-order valence-corrected chi connectivity index (χ3v) is 3.45. The van der Waals surface area contributed by atoms with Gasteiger partial charge in [-0.3, -0.25) is 4.79 Å². The molecule has 0 atom stereocenters. The Hall–Kier alpha value is -2.89. The Labute approximate surface area is 121 Å². The van der Waals surface area contributed by atoms with Crippen LogP contribution in [0.2, 0.25) is 0 Å². The molecule has 0 spiro atoms. The van der Waals surface area contributed by atoms with Crippen molar-refractivity contribution in [2.24, 2.45) is 7.05 Å². The summed E-state index contributed by atoms with van der Waals surface area (Å²) in [6.45, 7) is 4.12. The quantitative estimate of drug-likeness (QED) is 0.586. The molecule has 3 aromatic rings. The molecular formula is C15H15N5O. The van der Waals surface area contributed by atoms with Crippen molar-refractivity contribution < 1.29 is 4.79 Å². The van der Waals surface area contributed by atoms with Crippen LogP contribution in [0.25, 0.3) is 22.3 Å². The summed E-state index contributed by atoms with van der Waals surface area (Å²) < 4.78 is 3.50. The zero-order valence-electron chi connectivity index (χ0n) is 11.7. The molecule has 0 bridgehead atoms. The van der Waals surface area contributed by atoms with E-state index in [0.29, 0.717) is 23.6 Å². The van der Waals surface area contributed by atoms with Gasteiger partial charge in [0.1, 0.15) is 11.5 Å². The van der Waals surface area contributed by atoms with E-state index < -0.39 is 0 Å². The molecule has 2 heterocycles. The van der Waals surface area contributed by atoms with Crippen LogP contribution in [0.4, 0.5) is 5.82 Å². The monoisotopic (exact) mass is 281 g/mol. The van der Waals surface area contributed by atoms with Crippen molar-refractivity contribution in [1.82, 2.24) is 19.3 Å². The molecule has 0 amide bonds. The number of anilines is 1. The lowest BCUT2D eigenvalue weighted by Gasteiger charge is -1.99. The molecule has 0 saturated carbocycles. The van der Waals surface area contributed by atoms with E-state index in [9.17, 15) is 4.79 Å². The molecule has 6 nitrogen and oxygen atoms in total. The van der Waals surface area contributed by atoms with Crippen molar-refractivity contribution in [3.63, 3.8) is 0 Å². The first kappa shape index (κ1) is 13.1. The SMILES string of the molecule is C=CCn1nc(-c2ccc3c(c2)ncn3C)c(C=O)c1N. The summed E-state index contributed by atoms with van der Waals surface area (Å²) in [5.41, 5.74) is 9.61. The van der Waals surface area contributed by atoms with E-state index in [1.807, 2.05) is 29.8 Å². The third kappa shape index (κ3) is 2.01. The number of aromatic nitrogens is 4. The summed E-state index contributed by atoms with van der Waals surface area (Å²) in [7, 11) is 1.93. The summed E-state index contributed by atoms with van der Waals surface area (Å²) in [6, 6.07) is 5.77. The summed E-state index contributed by atoms with van der Waals surface area (Å²) in [4.78, 5) is 15.6. The van der Waals surface area contributed by atoms with Gasteiger partial charge in [0.2, 0.25) is 0 Å². The number of rotatable bonds is 4. The first-order valence-electron chi connectivity index (χ1n) is 6.49. The van der Waals surface area contributed by atoms with Gasteiger partial charge in [0, 0.05) is 12.6 Å². The Morgan fingerprint density at radius 3 is 2.95 bits per heavy atom. The number of hydrogen-bond donors (Lipinski definition) is 1. The summed E-state index contributed by atoms with van der Waals surface area (Å²) in [5.74, 6) is 0.348. The van der Waals surface area contributed by atoms with E-state index >= 15 is 0 Å². The minimum Gasteiger partial charge on any atom is -0.383 e. The van der Waals surface area contributed by atoms with Crippen LogP contribution in [0, 0.1) is 0 Å². The topological polar surface area (TPSA) is 78.7 Å². The number of carbonyl (C=O) groups is 1. The zero-order valence-corrected chi connectivity index (χ0v) is 11.7. The van der Waals surface area contributed by atoms with Crippen LogP contribution in [0.5, 0.6) is 0 Å². The van der Waals surface area contributed by atoms with Crippen LogP contribution in [-0.4, -0.2) is 25.6 Å². The number of aldehydes is 1. The number of fused-ring (bicyclic) bond motifs is 1. The first-order valence-corrected chi connectivity index (χ1v) is 6.49. The van der Waals surface area contributed by atoms with Gasteiger partial charge in [-0.2, -0.15) is 5.10 Å². The Balaban J connectivity index is 2.19. The first-order chi connectivity index (χ1) is 10.2. The van der Waals surface area contributed by atoms with Gasteiger partial charge in [-0.05, 0) is 12.1 Å². The normalized spacial score (nSPS) is 10.9. The average Bonchev–Trinajstić information content (AvgIpc) is 3.01. The van der Waals surface area contributed by atoms with E-state index in [4.69, 9.17) is 5.73 Å². The van der Waals surface area contributed by atoms with E-state index in [0.717, 1.165) is 22.9 Å². The number of allylic oxidation sites excluding steroid dienone is 1. The van der Waals surface area contributed by atoms with Crippen molar-refractivity contribution in [1.29, 1.82) is 0 Å². The van der Waals surface area contributed by atoms with Gasteiger partial charge in [-0.15, -0.1) is 6.58 Å². The summed E-state index contributed by atoms with van der Waals surface area (Å²) in [5, 5.41) is 4.41. The predicted molar refractivity (Wildman–Crippen MR) is 81.9 cm³/mol. The maximum Gasteiger partial charge on any atom is 0.156 e. The minimum atomic E-state index is 0.348. The number of imidazole rings is 1. The molecule has 2 N–H and O–H groups in total. The van der Waals surface area contributed by atoms with Gasteiger partial charge < -0.3 is 10.3 Å². The molecule has 106 valence electrons. The smallest absolute Gasteiger partial charge is 0.156 e. The number of benzene rings is 1. The molecule has 0 radical (unpaired) electrons. The van der Waals surface area contributed by atoms with Gasteiger partial charge in [0.05, 0.1) is 29.5 Å². The lowest BCUT2D eigenvalue weighted by atomic mass is 10.1. The number of carbonyl (C=O) groups excluding carboxylic acids is 1. The van der Waals surface area contributed by atoms with Crippen molar-refractivity contribution >= 4 is 23.1 Å². The largest absolute Gasteiger partial charge is 0.383 e. The molecule has 1 aromatic carbocycles. The second-order valence-corrected chi connectivity index (χ2v) is 4.80. The molecule has 0 unspecified atom stereocenters. The minimum absolute atomic E-state index is 0.348. The van der Waals surface area contributed by atoms with Gasteiger partial charge in [0.25, 0.3) is 0 Å². The van der Waals surface area contributed by atoms with Crippen molar-refractivity contribution in [3.8, 4) is 11.3 Å². The predicted octanol–water partition coefficient (Wildman–Crippen LogP) is 2.02. The standard InChI is InChI=1S/C15H15N5O/c1-3-6-20-15(16)11(8-21)14(18-20)10-4-5-13-12(7-10)17-9-19(13)2/h3-5,7-9H,1,6,16H2,2H3. The van der Waals surface area contributed by atoms with Crippen LogP contribution >= 0.6 is 0 Å². The molecule has 0 fully saturated rings. The maximum atomic E-state index is 11.3. The third-order valence-electron chi connectivity index (χ3n) is 3.45. The van der Waals surface area contributed by atoms with Crippen LogP contribution < -0.4 is 5.73 Å². The highest BCUT2D eigenvalue weighted by molar-refractivity contribution is 5.93. The van der Waals surface area contributed by atoms with Crippen LogP contribution in [0.1, 0.15) is 10.4 Å². The zero-order chi connectivity index (χ0) is 15.0. The number of nitrogen functional groups attached to an aromatic ring is 1. The Kier molecular flexibility index (Phi) is 3.06. The van der Waals surface area contributed by atoms with Gasteiger partial charge >= 0.3 is 0 Å². The lowest BCUT2D eigenvalue weighted by molar-refractivity contribution is 0.112. The molecular weight excluding hydrogens is 266 g/mol. The van der Waals surface area contributed by atoms with E-state index in [1.165, 1.54) is 0 Å². The van der Waals surface area contributed by atoms with E-state index in [1.54, 1.807) is 17.1 Å². The second kappa shape index (κ2) is 4.90. The van der Waals surface area contributed by atoms with Gasteiger partial charge in [-0.25, -0.2) is 9.67 Å². The van der Waals surface area contributed by atoms with Crippen molar-refractivity contribution in [2.75, 3.05) is 5.73 Å². The summed E-state index contributed by atoms with van der Waals surface area (Å²) in [6.07, 6.45) is 4.17. The highest BCUT2D eigenvalue weighted by Gasteiger charge is 2.16. The van der Waals surface area contributed by atoms with E-state index in [2.05, 4.69) is 16.7 Å². The fraction of sp³-hybridized carbons (Fsp3) is 0.133. The Morgan fingerprint density at radius 1 is 1.43 bits per heavy atom. The molecule has 21 heavy (non-hydrogen) atoms. The van der Waals surface area contributed by atoms with Crippen LogP contribution in [0.3, 0.4) is 0 Å². The summed E-state index contributed by atoms with van der Waals surface area (Å²) >= 11 is 0. The molecule has 0 aliphatic carbocycles. The van der Waals surface area contributed by atoms with Gasteiger partial charge in [-0.1, -0.05) is 12.1 Å². The Bertz CT molecular complexity index is 843. The lowest BCUT2D eigenvalue weighted by Crippen LogP contribution is -2.03. The highest BCUT2D eigenvalue weighted by Crippen LogP contribution is 2.28. The number of nitrogens with two attached hydrogens (primary N) is 1. The molecule has 2 aromatic heterocycles. The van der Waals surface area contributed by atoms with E-state index in [-0.39, 0.29) is 0 Å². The molecule has 0 aliphatic rings. The van der Waals surface area contributed by atoms with Crippen molar-refractivity contribution in [2.45, 2.75) is 6.54 Å². The molecule has 0 saturated heterocycles. The maximum absolute atomic E-state index is 11.3. The van der Waals surface area contributed by atoms with Crippen LogP contribution in [-0.2, 0) is 13.6 Å². The fourth-order valence-corrected chi connectivity index (χ4v) is 2.36. The average molecular weight is 281 g/mol. The number of nitrogens with zero attached hydrogens (tertiary/aromatic N) is 4. The highest BCUT2D eigenvalue weighted by atomic mass is 16.1. The van der Waals surface area contributed by atoms with Crippen LogP contribution in [0.15, 0.2) is 37.2 Å².